The number of allylic oxidation sites excluding steroid dienone is 4. The van der Waals surface area contributed by atoms with Crippen molar-refractivity contribution in [2.75, 3.05) is 4.90 Å². The summed E-state index contributed by atoms with van der Waals surface area (Å²) in [5.74, 6) is -0.227. The van der Waals surface area contributed by atoms with E-state index in [9.17, 15) is 4.39 Å². The predicted octanol–water partition coefficient (Wildman–Crippen LogP) is 6.86. The van der Waals surface area contributed by atoms with E-state index in [0.717, 1.165) is 23.5 Å². The van der Waals surface area contributed by atoms with Gasteiger partial charge in [-0.3, -0.25) is 0 Å². The first kappa shape index (κ1) is 18.7. The molecule has 0 N–H and O–H groups in total. The third-order valence-corrected chi connectivity index (χ3v) is 3.21. The number of para-hydroxylation sites is 1. The molecule has 122 valence electrons. The summed E-state index contributed by atoms with van der Waals surface area (Å²) in [6.07, 6.45) is 6.92. The number of benzene rings is 2. The fraction of sp³-hybridized carbons (Fsp3) is 0.238. The van der Waals surface area contributed by atoms with Gasteiger partial charge in [-0.1, -0.05) is 57.2 Å². The molecule has 2 aromatic carbocycles. The van der Waals surface area contributed by atoms with Gasteiger partial charge in [0.1, 0.15) is 5.82 Å². The highest BCUT2D eigenvalue weighted by Crippen LogP contribution is 2.31. The van der Waals surface area contributed by atoms with Gasteiger partial charge in [-0.05, 0) is 49.8 Å². The van der Waals surface area contributed by atoms with Gasteiger partial charge in [0, 0.05) is 17.1 Å². The van der Waals surface area contributed by atoms with Crippen LogP contribution in [0.1, 0.15) is 34.1 Å². The zero-order valence-corrected chi connectivity index (χ0v) is 14.5. The van der Waals surface area contributed by atoms with Crippen molar-refractivity contribution in [1.82, 2.24) is 0 Å². The quantitative estimate of drug-likeness (QED) is 0.545. The number of rotatable bonds is 5. The molecule has 23 heavy (non-hydrogen) atoms. The first-order valence-electron chi connectivity index (χ1n) is 8.19. The largest absolute Gasteiger partial charge is 0.314 e. The van der Waals surface area contributed by atoms with Crippen molar-refractivity contribution < 1.29 is 4.39 Å². The lowest BCUT2D eigenvalue weighted by Crippen LogP contribution is -2.16. The minimum atomic E-state index is -0.227. The Kier molecular flexibility index (Phi) is 8.45. The molecule has 2 rings (SSSR count). The van der Waals surface area contributed by atoms with Crippen LogP contribution in [0, 0.1) is 5.82 Å². The van der Waals surface area contributed by atoms with E-state index in [0.29, 0.717) is 0 Å². The van der Waals surface area contributed by atoms with Gasteiger partial charge in [-0.25, -0.2) is 4.39 Å². The lowest BCUT2D eigenvalue weighted by Gasteiger charge is -2.27. The van der Waals surface area contributed by atoms with Crippen molar-refractivity contribution in [2.45, 2.75) is 34.1 Å². The summed E-state index contributed by atoms with van der Waals surface area (Å²) in [4.78, 5) is 2.09. The molecule has 0 aliphatic heterocycles. The summed E-state index contributed by atoms with van der Waals surface area (Å²) >= 11 is 0. The van der Waals surface area contributed by atoms with E-state index in [2.05, 4.69) is 17.9 Å². The molecular formula is C21H26FN. The molecule has 0 aliphatic rings. The van der Waals surface area contributed by atoms with Gasteiger partial charge in [-0.2, -0.15) is 0 Å². The Labute approximate surface area is 139 Å². The minimum absolute atomic E-state index is 0.227. The molecule has 0 amide bonds. The second-order valence-electron chi connectivity index (χ2n) is 4.69. The van der Waals surface area contributed by atoms with Crippen molar-refractivity contribution in [3.8, 4) is 0 Å². The lowest BCUT2D eigenvalue weighted by atomic mass is 10.1. The van der Waals surface area contributed by atoms with Crippen molar-refractivity contribution >= 4 is 11.4 Å². The molecule has 0 saturated heterocycles. The van der Waals surface area contributed by atoms with E-state index in [4.69, 9.17) is 0 Å². The smallest absolute Gasteiger partial charge is 0.125 e. The summed E-state index contributed by atoms with van der Waals surface area (Å²) in [7, 11) is 0. The van der Waals surface area contributed by atoms with Crippen LogP contribution in [0.15, 0.2) is 78.5 Å². The number of nitrogens with zero attached hydrogens (tertiary/aromatic N) is 1. The van der Waals surface area contributed by atoms with E-state index >= 15 is 0 Å². The highest BCUT2D eigenvalue weighted by atomic mass is 19.1. The molecule has 0 heterocycles. The summed E-state index contributed by atoms with van der Waals surface area (Å²) in [5, 5.41) is 0. The second-order valence-corrected chi connectivity index (χ2v) is 4.69. The molecule has 2 heteroatoms. The van der Waals surface area contributed by atoms with Crippen LogP contribution in [0.4, 0.5) is 15.8 Å². The SMILES string of the molecule is C/C=C\C=C(/CC)N(c1ccccc1)c1cccc(F)c1.CC. The maximum Gasteiger partial charge on any atom is 0.125 e. The van der Waals surface area contributed by atoms with E-state index in [1.165, 1.54) is 6.07 Å². The number of hydrogen-bond acceptors (Lipinski definition) is 1. The maximum atomic E-state index is 13.6. The Hall–Kier alpha value is -2.35. The maximum absolute atomic E-state index is 13.6. The highest BCUT2D eigenvalue weighted by Gasteiger charge is 2.13. The molecule has 1 nitrogen and oxygen atoms in total. The van der Waals surface area contributed by atoms with E-state index < -0.39 is 0 Å². The molecule has 0 aliphatic carbocycles. The Morgan fingerprint density at radius 1 is 1.00 bits per heavy atom. The van der Waals surface area contributed by atoms with Crippen LogP contribution >= 0.6 is 0 Å². The number of hydrogen-bond donors (Lipinski definition) is 0. The molecule has 0 unspecified atom stereocenters. The molecule has 0 bridgehead atoms. The van der Waals surface area contributed by atoms with Crippen LogP contribution in [0.25, 0.3) is 0 Å². The molecule has 2 aromatic rings. The summed E-state index contributed by atoms with van der Waals surface area (Å²) in [6.45, 7) is 8.09. The van der Waals surface area contributed by atoms with Crippen LogP contribution in [0.5, 0.6) is 0 Å². The van der Waals surface area contributed by atoms with Crippen LogP contribution < -0.4 is 4.90 Å². The molecule has 0 saturated carbocycles. The lowest BCUT2D eigenvalue weighted by molar-refractivity contribution is 0.628. The molecule has 0 spiro atoms. The van der Waals surface area contributed by atoms with Crippen LogP contribution in [-0.4, -0.2) is 0 Å². The molecule has 0 aromatic heterocycles. The van der Waals surface area contributed by atoms with Crippen LogP contribution in [-0.2, 0) is 0 Å². The van der Waals surface area contributed by atoms with Crippen molar-refractivity contribution in [3.63, 3.8) is 0 Å². The van der Waals surface area contributed by atoms with E-state index in [-0.39, 0.29) is 5.82 Å². The van der Waals surface area contributed by atoms with Gasteiger partial charge in [0.05, 0.1) is 0 Å². The Morgan fingerprint density at radius 2 is 1.65 bits per heavy atom. The number of anilines is 2. The number of halogens is 1. The zero-order chi connectivity index (χ0) is 17.1. The normalized spacial score (nSPS) is 11.1. The fourth-order valence-electron chi connectivity index (χ4n) is 2.23. The van der Waals surface area contributed by atoms with Gasteiger partial charge in [-0.15, -0.1) is 0 Å². The van der Waals surface area contributed by atoms with Gasteiger partial charge < -0.3 is 4.90 Å². The first-order chi connectivity index (χ1) is 11.3. The summed E-state index contributed by atoms with van der Waals surface area (Å²) < 4.78 is 13.6. The monoisotopic (exact) mass is 311 g/mol. The zero-order valence-electron chi connectivity index (χ0n) is 14.5. The third-order valence-electron chi connectivity index (χ3n) is 3.21. The third kappa shape index (κ3) is 5.41. The molecule has 0 fully saturated rings. The van der Waals surface area contributed by atoms with Gasteiger partial charge in [0.25, 0.3) is 0 Å². The summed E-state index contributed by atoms with van der Waals surface area (Å²) in [5.41, 5.74) is 2.98. The Bertz CT molecular complexity index is 629. The van der Waals surface area contributed by atoms with Gasteiger partial charge >= 0.3 is 0 Å². The molecule has 0 atom stereocenters. The van der Waals surface area contributed by atoms with Crippen molar-refractivity contribution in [2.24, 2.45) is 0 Å². The molecule has 0 radical (unpaired) electrons. The summed E-state index contributed by atoms with van der Waals surface area (Å²) in [6, 6.07) is 16.7. The van der Waals surface area contributed by atoms with Gasteiger partial charge in [0.2, 0.25) is 0 Å². The fourth-order valence-corrected chi connectivity index (χ4v) is 2.23. The van der Waals surface area contributed by atoms with Crippen molar-refractivity contribution in [3.05, 3.63) is 84.3 Å². The second kappa shape index (κ2) is 10.4. The first-order valence-corrected chi connectivity index (χ1v) is 8.19. The standard InChI is InChI=1S/C19H20FN.C2H6/c1-3-5-11-17(4-2)21(18-12-7-6-8-13-18)19-14-9-10-16(20)15-19;1-2/h3,5-15H,4H2,1-2H3;1-2H3/b5-3-,17-11+;. The Morgan fingerprint density at radius 3 is 2.22 bits per heavy atom. The Balaban J connectivity index is 0.00000127. The van der Waals surface area contributed by atoms with Gasteiger partial charge in [0.15, 0.2) is 0 Å². The average molecular weight is 311 g/mol. The van der Waals surface area contributed by atoms with E-state index in [1.54, 1.807) is 12.1 Å². The highest BCUT2D eigenvalue weighted by molar-refractivity contribution is 5.68. The average Bonchev–Trinajstić information content (AvgIpc) is 2.61. The van der Waals surface area contributed by atoms with Crippen LogP contribution in [0.2, 0.25) is 0 Å². The predicted molar refractivity (Wildman–Crippen MR) is 99.5 cm³/mol. The van der Waals surface area contributed by atoms with Crippen LogP contribution in [0.3, 0.4) is 0 Å². The van der Waals surface area contributed by atoms with Crippen molar-refractivity contribution in [1.29, 1.82) is 0 Å². The minimum Gasteiger partial charge on any atom is -0.314 e. The topological polar surface area (TPSA) is 3.24 Å². The van der Waals surface area contributed by atoms with E-state index in [1.807, 2.05) is 69.3 Å². The molecular weight excluding hydrogens is 285 g/mol.